The minimum atomic E-state index is 1.09. The molecule has 0 nitrogen and oxygen atoms in total. The molecule has 10 heavy (non-hydrogen) atoms. The van der Waals surface area contributed by atoms with Gasteiger partial charge in [0.2, 0.25) is 0 Å². The summed E-state index contributed by atoms with van der Waals surface area (Å²) < 4.78 is 1.52. The van der Waals surface area contributed by atoms with Crippen molar-refractivity contribution in [2.24, 2.45) is 0 Å². The third-order valence-corrected chi connectivity index (χ3v) is 1.73. The summed E-state index contributed by atoms with van der Waals surface area (Å²) in [6.45, 7) is 2.18. The normalized spacial score (nSPS) is 9.30. The van der Waals surface area contributed by atoms with Gasteiger partial charge < -0.3 is 0 Å². The second kappa shape index (κ2) is 3.83. The molecule has 0 amide bonds. The second-order valence-electron chi connectivity index (χ2n) is 2.27. The van der Waals surface area contributed by atoms with E-state index in [0.717, 1.165) is 6.42 Å². The average molecular weight is 301 g/mol. The van der Waals surface area contributed by atoms with E-state index in [1.165, 1.54) is 9.46 Å². The molecule has 0 aromatic heterocycles. The second-order valence-corrected chi connectivity index (χ2v) is 4.77. The van der Waals surface area contributed by atoms with E-state index in [-0.39, 0.29) is 0 Å². The fourth-order valence-corrected chi connectivity index (χ4v) is 1.37. The van der Waals surface area contributed by atoms with E-state index in [9.17, 15) is 0 Å². The van der Waals surface area contributed by atoms with Gasteiger partial charge in [-0.2, -0.15) is 0 Å². The van der Waals surface area contributed by atoms with Crippen LogP contribution in [0.25, 0.3) is 0 Å². The Kier molecular flexibility index (Phi) is 3.02. The van der Waals surface area contributed by atoms with Crippen LogP contribution in [-0.4, -0.2) is 3.90 Å². The molecular weight excluding hydrogens is 292 g/mol. The first-order valence-corrected chi connectivity index (χ1v) is 4.71. The van der Waals surface area contributed by atoms with Crippen LogP contribution < -0.4 is 0 Å². The summed E-state index contributed by atoms with van der Waals surface area (Å²) in [5.74, 6) is 0. The number of hydrogen-bond donors (Lipinski definition) is 0. The molecule has 0 fully saturated rings. The van der Waals surface area contributed by atoms with Crippen molar-refractivity contribution in [3.63, 3.8) is 0 Å². The molecule has 0 saturated heterocycles. The standard InChI is InChI=1S/C9H9.W/c1-2-6-9-7-4-3-5-8-9;/h3-5,7H,6H2,1H3;/q-1;. The molecule has 0 unspecified atom stereocenters. The molecule has 0 heterocycles. The molecule has 1 aromatic carbocycles. The van der Waals surface area contributed by atoms with Crippen molar-refractivity contribution in [3.8, 4) is 0 Å². The van der Waals surface area contributed by atoms with Gasteiger partial charge in [0.15, 0.2) is 0 Å². The van der Waals surface area contributed by atoms with Crippen molar-refractivity contribution in [1.82, 2.24) is 0 Å². The van der Waals surface area contributed by atoms with E-state index in [0.29, 0.717) is 0 Å². The zero-order valence-electron chi connectivity index (χ0n) is 5.92. The number of benzene rings is 1. The summed E-state index contributed by atoms with van der Waals surface area (Å²) in [7, 11) is 0. The Balaban J connectivity index is 2.67. The first-order chi connectivity index (χ1) is 4.79. The monoisotopic (exact) mass is 301 g/mol. The molecule has 1 heteroatoms. The van der Waals surface area contributed by atoms with Crippen LogP contribution in [-0.2, 0) is 25.8 Å². The summed E-state index contributed by atoms with van der Waals surface area (Å²) in [5, 5.41) is 0. The van der Waals surface area contributed by atoms with E-state index in [4.69, 9.17) is 0 Å². The van der Waals surface area contributed by atoms with Gasteiger partial charge in [-0.1, -0.05) is 0 Å². The van der Waals surface area contributed by atoms with Crippen LogP contribution in [0.1, 0.15) is 12.5 Å². The molecule has 0 aliphatic heterocycles. The van der Waals surface area contributed by atoms with E-state index in [1.54, 1.807) is 19.4 Å². The van der Waals surface area contributed by atoms with Crippen molar-refractivity contribution in [2.45, 2.75) is 13.3 Å². The van der Waals surface area contributed by atoms with Gasteiger partial charge >= 0.3 is 72.5 Å². The van der Waals surface area contributed by atoms with Crippen LogP contribution in [0.5, 0.6) is 0 Å². The van der Waals surface area contributed by atoms with E-state index < -0.39 is 0 Å². The van der Waals surface area contributed by atoms with Crippen LogP contribution in [0.15, 0.2) is 24.3 Å². The fraction of sp³-hybridized carbons (Fsp3) is 0.222. The van der Waals surface area contributed by atoms with Gasteiger partial charge in [-0.3, -0.25) is 0 Å². The summed E-state index contributed by atoms with van der Waals surface area (Å²) in [6.07, 6.45) is 1.09. The molecule has 0 saturated carbocycles. The van der Waals surface area contributed by atoms with Crippen molar-refractivity contribution < 1.29 is 19.4 Å². The summed E-state index contributed by atoms with van der Waals surface area (Å²) in [6, 6.07) is 11.3. The van der Waals surface area contributed by atoms with Crippen molar-refractivity contribution >= 4 is 3.90 Å². The average Bonchev–Trinajstić information content (AvgIpc) is 1.88. The molecule has 0 radical (unpaired) electrons. The molecule has 0 aliphatic carbocycles. The van der Waals surface area contributed by atoms with Crippen LogP contribution in [0.3, 0.4) is 0 Å². The van der Waals surface area contributed by atoms with Gasteiger partial charge in [-0.15, -0.1) is 0 Å². The predicted molar refractivity (Wildman–Crippen MR) is 39.7 cm³/mol. The van der Waals surface area contributed by atoms with E-state index in [2.05, 4.69) is 25.1 Å². The zero-order chi connectivity index (χ0) is 7.40. The Morgan fingerprint density at radius 1 is 1.60 bits per heavy atom. The van der Waals surface area contributed by atoms with Gasteiger partial charge in [-0.05, 0) is 0 Å². The first kappa shape index (κ1) is 7.88. The third kappa shape index (κ3) is 2.58. The number of hydrogen-bond acceptors (Lipinski definition) is 0. The Labute approximate surface area is 72.7 Å². The van der Waals surface area contributed by atoms with E-state index in [1.807, 2.05) is 12.1 Å². The molecular formula is C9H9W-. The van der Waals surface area contributed by atoms with Gasteiger partial charge in [0.25, 0.3) is 0 Å². The predicted octanol–water partition coefficient (Wildman–Crippen LogP) is 1.77. The maximum absolute atomic E-state index is 3.19. The molecule has 0 bridgehead atoms. The molecule has 1 rings (SSSR count). The molecule has 0 spiro atoms. The Morgan fingerprint density at radius 2 is 2.40 bits per heavy atom. The van der Waals surface area contributed by atoms with E-state index >= 15 is 0 Å². The maximum atomic E-state index is 3.19. The molecule has 0 aliphatic rings. The van der Waals surface area contributed by atoms with Crippen LogP contribution in [0, 0.1) is 6.07 Å². The van der Waals surface area contributed by atoms with Crippen LogP contribution >= 0.6 is 0 Å². The molecule has 0 atom stereocenters. The molecule has 0 N–H and O–H groups in total. The number of rotatable bonds is 2. The quantitative estimate of drug-likeness (QED) is 0.730. The summed E-state index contributed by atoms with van der Waals surface area (Å²) in [4.78, 5) is 0. The zero-order valence-corrected chi connectivity index (χ0v) is 8.86. The van der Waals surface area contributed by atoms with Crippen molar-refractivity contribution in [1.29, 1.82) is 0 Å². The third-order valence-electron chi connectivity index (χ3n) is 1.21. The van der Waals surface area contributed by atoms with Crippen LogP contribution in [0.4, 0.5) is 0 Å². The SMILES string of the molecule is C[C](=[W])Cc1[c-]cccc1. The van der Waals surface area contributed by atoms with Gasteiger partial charge in [-0.25, -0.2) is 0 Å². The van der Waals surface area contributed by atoms with Gasteiger partial charge in [0.05, 0.1) is 0 Å². The minimum absolute atomic E-state index is 1.09. The van der Waals surface area contributed by atoms with Gasteiger partial charge in [0, 0.05) is 0 Å². The van der Waals surface area contributed by atoms with Crippen molar-refractivity contribution in [2.75, 3.05) is 0 Å². The molecule has 52 valence electrons. The topological polar surface area (TPSA) is 0 Å². The fourth-order valence-electron chi connectivity index (χ4n) is 0.809. The summed E-state index contributed by atoms with van der Waals surface area (Å²) in [5.41, 5.74) is 1.30. The van der Waals surface area contributed by atoms with Gasteiger partial charge in [0.1, 0.15) is 0 Å². The van der Waals surface area contributed by atoms with Crippen LogP contribution in [0.2, 0.25) is 0 Å². The van der Waals surface area contributed by atoms with Crippen molar-refractivity contribution in [3.05, 3.63) is 35.9 Å². The Morgan fingerprint density at radius 3 is 2.90 bits per heavy atom. The molecule has 1 aromatic rings. The Bertz CT molecular complexity index is 213. The first-order valence-electron chi connectivity index (χ1n) is 3.24. The Hall–Kier alpha value is -0.222. The summed E-state index contributed by atoms with van der Waals surface area (Å²) >= 11 is 1.58.